The summed E-state index contributed by atoms with van der Waals surface area (Å²) in [4.78, 5) is 19.0. The lowest BCUT2D eigenvalue weighted by atomic mass is 10.0. The summed E-state index contributed by atoms with van der Waals surface area (Å²) in [6, 6.07) is 5.39. The van der Waals surface area contributed by atoms with Crippen LogP contribution in [0.3, 0.4) is 0 Å². The van der Waals surface area contributed by atoms with Crippen molar-refractivity contribution >= 4 is 34.8 Å². The highest BCUT2D eigenvalue weighted by Crippen LogP contribution is 2.25. The van der Waals surface area contributed by atoms with Gasteiger partial charge in [0.15, 0.2) is 6.10 Å². The molecular formula is C15H18Cl2N2O2. The van der Waals surface area contributed by atoms with Gasteiger partial charge in [0.1, 0.15) is 0 Å². The van der Waals surface area contributed by atoms with Gasteiger partial charge in [0, 0.05) is 24.9 Å². The molecule has 0 saturated heterocycles. The van der Waals surface area contributed by atoms with Gasteiger partial charge in [0.05, 0.1) is 22.3 Å². The Labute approximate surface area is 134 Å². The van der Waals surface area contributed by atoms with E-state index in [1.54, 1.807) is 17.0 Å². The third-order valence-corrected chi connectivity index (χ3v) is 4.19. The monoisotopic (exact) mass is 328 g/mol. The van der Waals surface area contributed by atoms with E-state index in [-0.39, 0.29) is 12.0 Å². The third-order valence-electron chi connectivity index (χ3n) is 3.45. The van der Waals surface area contributed by atoms with Crippen LogP contribution in [-0.4, -0.2) is 35.7 Å². The van der Waals surface area contributed by atoms with E-state index in [2.05, 4.69) is 5.16 Å². The average molecular weight is 329 g/mol. The van der Waals surface area contributed by atoms with E-state index >= 15 is 0 Å². The SMILES string of the molecule is CCC(=O)N(CC)CC1CC(c2ccc(Cl)c(Cl)c2)=NO1. The molecule has 21 heavy (non-hydrogen) atoms. The number of hydrogen-bond donors (Lipinski definition) is 0. The molecule has 0 fully saturated rings. The van der Waals surface area contributed by atoms with Crippen LogP contribution < -0.4 is 0 Å². The zero-order chi connectivity index (χ0) is 15.4. The van der Waals surface area contributed by atoms with Gasteiger partial charge >= 0.3 is 0 Å². The Morgan fingerprint density at radius 1 is 1.38 bits per heavy atom. The minimum Gasteiger partial charge on any atom is -0.390 e. The number of oxime groups is 1. The van der Waals surface area contributed by atoms with E-state index in [9.17, 15) is 4.79 Å². The van der Waals surface area contributed by atoms with Gasteiger partial charge in [0.2, 0.25) is 5.91 Å². The number of halogens is 2. The lowest BCUT2D eigenvalue weighted by molar-refractivity contribution is -0.132. The highest BCUT2D eigenvalue weighted by atomic mass is 35.5. The van der Waals surface area contributed by atoms with E-state index in [4.69, 9.17) is 28.0 Å². The molecule has 1 aliphatic heterocycles. The Hall–Kier alpha value is -1.26. The van der Waals surface area contributed by atoms with E-state index < -0.39 is 0 Å². The first-order valence-corrected chi connectivity index (χ1v) is 7.76. The molecule has 0 spiro atoms. The Balaban J connectivity index is 1.99. The van der Waals surface area contributed by atoms with Crippen molar-refractivity contribution in [3.63, 3.8) is 0 Å². The highest BCUT2D eigenvalue weighted by molar-refractivity contribution is 6.42. The predicted octanol–water partition coefficient (Wildman–Crippen LogP) is 3.74. The molecule has 0 radical (unpaired) electrons. The molecule has 2 rings (SSSR count). The van der Waals surface area contributed by atoms with Crippen LogP contribution in [0.5, 0.6) is 0 Å². The summed E-state index contributed by atoms with van der Waals surface area (Å²) in [5, 5.41) is 5.12. The molecule has 1 aromatic rings. The maximum Gasteiger partial charge on any atom is 0.222 e. The summed E-state index contributed by atoms with van der Waals surface area (Å²) >= 11 is 11.9. The fourth-order valence-electron chi connectivity index (χ4n) is 2.25. The molecule has 0 bridgehead atoms. The topological polar surface area (TPSA) is 41.9 Å². The van der Waals surface area contributed by atoms with E-state index in [1.165, 1.54) is 0 Å². The Bertz CT molecular complexity index is 561. The number of carbonyl (C=O) groups excluding carboxylic acids is 1. The van der Waals surface area contributed by atoms with Gasteiger partial charge in [-0.3, -0.25) is 4.79 Å². The van der Waals surface area contributed by atoms with Crippen LogP contribution in [0.2, 0.25) is 10.0 Å². The maximum absolute atomic E-state index is 11.8. The van der Waals surface area contributed by atoms with E-state index in [0.717, 1.165) is 11.3 Å². The first kappa shape index (κ1) is 16.1. The van der Waals surface area contributed by atoms with Crippen molar-refractivity contribution in [2.75, 3.05) is 13.1 Å². The molecule has 1 heterocycles. The molecule has 1 aromatic carbocycles. The van der Waals surface area contributed by atoms with Crippen LogP contribution in [0.4, 0.5) is 0 Å². The molecule has 114 valence electrons. The van der Waals surface area contributed by atoms with Gasteiger partial charge in [-0.15, -0.1) is 0 Å². The van der Waals surface area contributed by atoms with Gasteiger partial charge in [0.25, 0.3) is 0 Å². The quantitative estimate of drug-likeness (QED) is 0.826. The number of nitrogens with zero attached hydrogens (tertiary/aromatic N) is 2. The lowest BCUT2D eigenvalue weighted by Crippen LogP contribution is -2.37. The zero-order valence-electron chi connectivity index (χ0n) is 12.1. The molecule has 1 unspecified atom stereocenters. The van der Waals surface area contributed by atoms with Gasteiger partial charge in [-0.1, -0.05) is 41.3 Å². The van der Waals surface area contributed by atoms with E-state index in [0.29, 0.717) is 36.0 Å². The second-order valence-corrected chi connectivity index (χ2v) is 5.70. The van der Waals surface area contributed by atoms with Gasteiger partial charge in [-0.25, -0.2) is 0 Å². The van der Waals surface area contributed by atoms with Gasteiger partial charge < -0.3 is 9.74 Å². The summed E-state index contributed by atoms with van der Waals surface area (Å²) in [5.41, 5.74) is 1.73. The summed E-state index contributed by atoms with van der Waals surface area (Å²) < 4.78 is 0. The van der Waals surface area contributed by atoms with Gasteiger partial charge in [-0.05, 0) is 19.1 Å². The van der Waals surface area contributed by atoms with Crippen molar-refractivity contribution in [2.45, 2.75) is 32.8 Å². The van der Waals surface area contributed by atoms with Crippen LogP contribution in [0.15, 0.2) is 23.4 Å². The Morgan fingerprint density at radius 3 is 2.76 bits per heavy atom. The summed E-state index contributed by atoms with van der Waals surface area (Å²) in [7, 11) is 0. The number of amides is 1. The summed E-state index contributed by atoms with van der Waals surface area (Å²) in [6.45, 7) is 5.05. The largest absolute Gasteiger partial charge is 0.390 e. The zero-order valence-corrected chi connectivity index (χ0v) is 13.6. The van der Waals surface area contributed by atoms with Crippen LogP contribution in [0, 0.1) is 0 Å². The molecule has 1 atom stereocenters. The van der Waals surface area contributed by atoms with Crippen molar-refractivity contribution in [1.82, 2.24) is 4.90 Å². The Kier molecular flexibility index (Phi) is 5.48. The second kappa shape index (κ2) is 7.14. The van der Waals surface area contributed by atoms with Gasteiger partial charge in [-0.2, -0.15) is 0 Å². The molecule has 1 aliphatic rings. The lowest BCUT2D eigenvalue weighted by Gasteiger charge is -2.22. The summed E-state index contributed by atoms with van der Waals surface area (Å²) in [6.07, 6.45) is 1.05. The summed E-state index contributed by atoms with van der Waals surface area (Å²) in [5.74, 6) is 0.129. The number of carbonyl (C=O) groups is 1. The van der Waals surface area contributed by atoms with Crippen molar-refractivity contribution in [3.8, 4) is 0 Å². The van der Waals surface area contributed by atoms with Crippen molar-refractivity contribution in [3.05, 3.63) is 33.8 Å². The number of hydrogen-bond acceptors (Lipinski definition) is 3. The smallest absolute Gasteiger partial charge is 0.222 e. The fraction of sp³-hybridized carbons (Fsp3) is 0.467. The molecule has 0 aromatic heterocycles. The normalized spacial score (nSPS) is 17.3. The minimum atomic E-state index is -0.107. The van der Waals surface area contributed by atoms with Crippen LogP contribution in [0.1, 0.15) is 32.3 Å². The molecule has 6 heteroatoms. The van der Waals surface area contributed by atoms with E-state index in [1.807, 2.05) is 19.9 Å². The molecule has 4 nitrogen and oxygen atoms in total. The standard InChI is InChI=1S/C15H18Cl2N2O2/c1-3-15(20)19(4-2)9-11-8-14(18-21-11)10-5-6-12(16)13(17)7-10/h5-7,11H,3-4,8-9H2,1-2H3. The first-order valence-electron chi connectivity index (χ1n) is 7.01. The Morgan fingerprint density at radius 2 is 2.14 bits per heavy atom. The number of likely N-dealkylation sites (N-methyl/N-ethyl adjacent to an activating group) is 1. The maximum atomic E-state index is 11.8. The molecular weight excluding hydrogens is 311 g/mol. The number of rotatable bonds is 5. The van der Waals surface area contributed by atoms with Crippen molar-refractivity contribution in [1.29, 1.82) is 0 Å². The third kappa shape index (κ3) is 3.89. The van der Waals surface area contributed by atoms with Crippen LogP contribution in [0.25, 0.3) is 0 Å². The highest BCUT2D eigenvalue weighted by Gasteiger charge is 2.25. The molecule has 0 N–H and O–H groups in total. The average Bonchev–Trinajstić information content (AvgIpc) is 2.95. The first-order chi connectivity index (χ1) is 10.0. The molecule has 1 amide bonds. The molecule has 0 aliphatic carbocycles. The number of benzene rings is 1. The molecule has 0 saturated carbocycles. The van der Waals surface area contributed by atoms with Crippen molar-refractivity contribution in [2.24, 2.45) is 5.16 Å². The van der Waals surface area contributed by atoms with Crippen LogP contribution >= 0.6 is 23.2 Å². The van der Waals surface area contributed by atoms with Crippen molar-refractivity contribution < 1.29 is 9.63 Å². The second-order valence-electron chi connectivity index (χ2n) is 4.88. The fourth-order valence-corrected chi connectivity index (χ4v) is 2.55. The van der Waals surface area contributed by atoms with Crippen LogP contribution in [-0.2, 0) is 9.63 Å². The minimum absolute atomic E-state index is 0.107. The predicted molar refractivity (Wildman–Crippen MR) is 85.0 cm³/mol.